The average molecular weight is 363 g/mol. The lowest BCUT2D eigenvalue weighted by Crippen LogP contribution is -2.70. The van der Waals surface area contributed by atoms with Crippen molar-refractivity contribution in [1.29, 1.82) is 0 Å². The van der Waals surface area contributed by atoms with Gasteiger partial charge in [0.25, 0.3) is 0 Å². The molecule has 136 valence electrons. The van der Waals surface area contributed by atoms with E-state index in [1.165, 1.54) is 0 Å². The van der Waals surface area contributed by atoms with Crippen molar-refractivity contribution in [2.75, 3.05) is 19.7 Å². The summed E-state index contributed by atoms with van der Waals surface area (Å²) in [5.74, 6) is -0.158. The van der Waals surface area contributed by atoms with Crippen LogP contribution in [0.2, 0.25) is 0 Å². The van der Waals surface area contributed by atoms with Crippen molar-refractivity contribution in [3.63, 3.8) is 0 Å². The molecule has 2 aromatic rings. The molecule has 0 spiro atoms. The highest BCUT2D eigenvalue weighted by Gasteiger charge is 2.62. The number of nitrogens with zero attached hydrogens (tertiary/aromatic N) is 1. The van der Waals surface area contributed by atoms with Gasteiger partial charge in [0.2, 0.25) is 0 Å². The minimum Gasteiger partial charge on any atom is -0.448 e. The zero-order chi connectivity index (χ0) is 18.5. The van der Waals surface area contributed by atoms with Crippen molar-refractivity contribution < 1.29 is 27.8 Å². The molecular formula is C19H16F3NO3. The molecule has 1 fully saturated rings. The summed E-state index contributed by atoms with van der Waals surface area (Å²) in [5, 5.41) is 9.43. The van der Waals surface area contributed by atoms with Crippen molar-refractivity contribution in [2.45, 2.75) is 17.7 Å². The van der Waals surface area contributed by atoms with Gasteiger partial charge in [0, 0.05) is 5.92 Å². The Morgan fingerprint density at radius 3 is 2.08 bits per heavy atom. The molecule has 0 atom stereocenters. The van der Waals surface area contributed by atoms with Gasteiger partial charge in [-0.3, -0.25) is 0 Å². The smallest absolute Gasteiger partial charge is 0.420 e. The maximum atomic E-state index is 12.7. The summed E-state index contributed by atoms with van der Waals surface area (Å²) in [7, 11) is 0. The highest BCUT2D eigenvalue weighted by atomic mass is 19.4. The normalized spacial score (nSPS) is 18.1. The van der Waals surface area contributed by atoms with E-state index in [9.17, 15) is 23.1 Å². The largest absolute Gasteiger partial charge is 0.448 e. The first-order chi connectivity index (χ1) is 12.3. The second-order valence-corrected chi connectivity index (χ2v) is 6.69. The summed E-state index contributed by atoms with van der Waals surface area (Å²) in [6.45, 7) is -1.56. The van der Waals surface area contributed by atoms with Crippen LogP contribution in [-0.4, -0.2) is 47.6 Å². The molecule has 2 aliphatic rings. The Bertz CT molecular complexity index is 814. The van der Waals surface area contributed by atoms with E-state index in [1.807, 2.05) is 48.5 Å². The number of likely N-dealkylation sites (tertiary alicyclic amines) is 1. The van der Waals surface area contributed by atoms with E-state index in [2.05, 4.69) is 0 Å². The Morgan fingerprint density at radius 1 is 1.08 bits per heavy atom. The molecule has 0 radical (unpaired) electrons. The number of hydrogen-bond donors (Lipinski definition) is 1. The van der Waals surface area contributed by atoms with Gasteiger partial charge in [-0.05, 0) is 22.3 Å². The molecule has 1 N–H and O–H groups in total. The summed E-state index contributed by atoms with van der Waals surface area (Å²) in [6.07, 6.45) is -5.60. The lowest BCUT2D eigenvalue weighted by molar-refractivity contribution is -0.295. The second-order valence-electron chi connectivity index (χ2n) is 6.69. The van der Waals surface area contributed by atoms with Crippen molar-refractivity contribution in [2.24, 2.45) is 0 Å². The minimum absolute atomic E-state index is 0.0355. The first-order valence-electron chi connectivity index (χ1n) is 8.19. The quantitative estimate of drug-likeness (QED) is 0.888. The summed E-state index contributed by atoms with van der Waals surface area (Å²) in [5.41, 5.74) is 1.35. The van der Waals surface area contributed by atoms with Crippen molar-refractivity contribution in [1.82, 2.24) is 4.90 Å². The van der Waals surface area contributed by atoms with Crippen LogP contribution >= 0.6 is 0 Å². The number of hydrogen-bond acceptors (Lipinski definition) is 3. The van der Waals surface area contributed by atoms with Gasteiger partial charge < -0.3 is 14.7 Å². The number of alkyl halides is 3. The summed E-state index contributed by atoms with van der Waals surface area (Å²) in [6, 6.07) is 15.6. The van der Waals surface area contributed by atoms with Crippen LogP contribution in [0.1, 0.15) is 17.0 Å². The lowest BCUT2D eigenvalue weighted by Gasteiger charge is -2.46. The fraction of sp³-hybridized carbons (Fsp3) is 0.316. The Hall–Kier alpha value is -2.54. The SMILES string of the molecule is O=C(OCC1c2ccccc2-c2ccccc21)N1CC(O)(C(F)(F)F)C1. The molecule has 0 bridgehead atoms. The van der Waals surface area contributed by atoms with Crippen LogP contribution in [0, 0.1) is 0 Å². The fourth-order valence-electron chi connectivity index (χ4n) is 3.58. The molecule has 0 saturated carbocycles. The first kappa shape index (κ1) is 16.9. The Morgan fingerprint density at radius 2 is 1.58 bits per heavy atom. The van der Waals surface area contributed by atoms with Gasteiger partial charge in [0.1, 0.15) is 6.61 Å². The van der Waals surface area contributed by atoms with Gasteiger partial charge in [0.15, 0.2) is 5.60 Å². The van der Waals surface area contributed by atoms with Crippen LogP contribution in [0.3, 0.4) is 0 Å². The number of aliphatic hydroxyl groups is 1. The number of rotatable bonds is 2. The van der Waals surface area contributed by atoms with E-state index in [0.29, 0.717) is 0 Å². The highest BCUT2D eigenvalue weighted by Crippen LogP contribution is 2.44. The van der Waals surface area contributed by atoms with Gasteiger partial charge >= 0.3 is 12.3 Å². The zero-order valence-electron chi connectivity index (χ0n) is 13.7. The van der Waals surface area contributed by atoms with Crippen LogP contribution in [0.15, 0.2) is 48.5 Å². The van der Waals surface area contributed by atoms with E-state index >= 15 is 0 Å². The number of carbonyl (C=O) groups is 1. The Balaban J connectivity index is 1.45. The predicted molar refractivity (Wildman–Crippen MR) is 87.6 cm³/mol. The molecule has 1 amide bonds. The summed E-state index contributed by atoms with van der Waals surface area (Å²) >= 11 is 0. The van der Waals surface area contributed by atoms with Crippen LogP contribution in [-0.2, 0) is 4.74 Å². The number of fused-ring (bicyclic) bond motifs is 3. The van der Waals surface area contributed by atoms with E-state index < -0.39 is 31.0 Å². The van der Waals surface area contributed by atoms with E-state index in [1.54, 1.807) is 0 Å². The number of ether oxygens (including phenoxy) is 1. The van der Waals surface area contributed by atoms with Crippen molar-refractivity contribution >= 4 is 6.09 Å². The zero-order valence-corrected chi connectivity index (χ0v) is 13.7. The minimum atomic E-state index is -4.76. The average Bonchev–Trinajstić information content (AvgIpc) is 2.90. The van der Waals surface area contributed by atoms with Crippen LogP contribution < -0.4 is 0 Å². The topological polar surface area (TPSA) is 49.8 Å². The van der Waals surface area contributed by atoms with Crippen molar-refractivity contribution in [3.05, 3.63) is 59.7 Å². The third kappa shape index (κ3) is 2.54. The first-order valence-corrected chi connectivity index (χ1v) is 8.19. The van der Waals surface area contributed by atoms with E-state index in [4.69, 9.17) is 4.74 Å². The molecule has 1 aliphatic heterocycles. The van der Waals surface area contributed by atoms with Gasteiger partial charge in [-0.2, -0.15) is 13.2 Å². The number of benzene rings is 2. The molecule has 1 heterocycles. The summed E-state index contributed by atoms with van der Waals surface area (Å²) < 4.78 is 43.2. The number of carbonyl (C=O) groups excluding carboxylic acids is 1. The lowest BCUT2D eigenvalue weighted by atomic mass is 9.94. The van der Waals surface area contributed by atoms with Gasteiger partial charge in [0.05, 0.1) is 13.1 Å². The molecule has 0 unspecified atom stereocenters. The molecule has 4 nitrogen and oxygen atoms in total. The van der Waals surface area contributed by atoms with Crippen LogP contribution in [0.25, 0.3) is 11.1 Å². The molecule has 1 saturated heterocycles. The third-order valence-corrected chi connectivity index (χ3v) is 5.03. The van der Waals surface area contributed by atoms with Gasteiger partial charge in [-0.15, -0.1) is 0 Å². The number of halogens is 3. The molecule has 2 aromatic carbocycles. The van der Waals surface area contributed by atoms with Gasteiger partial charge in [-0.1, -0.05) is 48.5 Å². The third-order valence-electron chi connectivity index (χ3n) is 5.03. The Labute approximate surface area is 147 Å². The van der Waals surface area contributed by atoms with Crippen LogP contribution in [0.4, 0.5) is 18.0 Å². The maximum Gasteiger partial charge on any atom is 0.420 e. The van der Waals surface area contributed by atoms with E-state index in [0.717, 1.165) is 27.2 Å². The monoisotopic (exact) mass is 363 g/mol. The van der Waals surface area contributed by atoms with Crippen molar-refractivity contribution in [3.8, 4) is 11.1 Å². The molecule has 4 rings (SSSR count). The second kappa shape index (κ2) is 5.74. The molecule has 26 heavy (non-hydrogen) atoms. The predicted octanol–water partition coefficient (Wildman–Crippen LogP) is 3.54. The summed E-state index contributed by atoms with van der Waals surface area (Å²) in [4.78, 5) is 12.9. The fourth-order valence-corrected chi connectivity index (χ4v) is 3.58. The standard InChI is InChI=1S/C19H16F3NO3/c20-19(21,22)18(25)10-23(11-18)17(24)26-9-16-14-7-3-1-5-12(14)13-6-2-4-8-15(13)16/h1-8,16,25H,9-11H2. The number of amides is 1. The van der Waals surface area contributed by atoms with Crippen LogP contribution in [0.5, 0.6) is 0 Å². The highest BCUT2D eigenvalue weighted by molar-refractivity contribution is 5.79. The van der Waals surface area contributed by atoms with E-state index in [-0.39, 0.29) is 12.5 Å². The Kier molecular flexibility index (Phi) is 3.73. The molecular weight excluding hydrogens is 347 g/mol. The molecule has 0 aromatic heterocycles. The van der Waals surface area contributed by atoms with Gasteiger partial charge in [-0.25, -0.2) is 4.79 Å². The molecule has 7 heteroatoms. The maximum absolute atomic E-state index is 12.7. The number of β-amino-alcohol motifs (C(OH)–C–C–N with tert-alkyl or cyclic N) is 1. The molecule has 1 aliphatic carbocycles.